The van der Waals surface area contributed by atoms with Crippen LogP contribution in [0.15, 0.2) is 11.6 Å². The van der Waals surface area contributed by atoms with Crippen molar-refractivity contribution in [1.29, 1.82) is 0 Å². The molecule has 0 bridgehead atoms. The number of allylic oxidation sites excluding steroid dienone is 1. The summed E-state index contributed by atoms with van der Waals surface area (Å²) < 4.78 is 48.5. The molecular formula is C52H84O22. The van der Waals surface area contributed by atoms with E-state index in [9.17, 15) is 71.2 Å². The number of hydrogen-bond acceptors (Lipinski definition) is 22. The molecule has 4 heterocycles. The second-order valence-corrected chi connectivity index (χ2v) is 24.7. The van der Waals surface area contributed by atoms with Gasteiger partial charge in [-0.1, -0.05) is 53.2 Å². The second-order valence-electron chi connectivity index (χ2n) is 24.7. The van der Waals surface area contributed by atoms with Crippen LogP contribution in [0.25, 0.3) is 0 Å². The summed E-state index contributed by atoms with van der Waals surface area (Å²) in [5.41, 5.74) is -1.95. The fourth-order valence-corrected chi connectivity index (χ4v) is 16.3. The Morgan fingerprint density at radius 2 is 1.20 bits per heavy atom. The molecule has 22 heteroatoms. The van der Waals surface area contributed by atoms with Crippen molar-refractivity contribution in [3.8, 4) is 0 Å². The van der Waals surface area contributed by atoms with Crippen molar-refractivity contribution in [2.24, 2.45) is 56.7 Å². The number of carbonyl (C=O) groups is 1. The third kappa shape index (κ3) is 8.98. The van der Waals surface area contributed by atoms with Gasteiger partial charge in [0.1, 0.15) is 85.5 Å². The van der Waals surface area contributed by atoms with Gasteiger partial charge in [0, 0.05) is 5.41 Å². The van der Waals surface area contributed by atoms with Crippen molar-refractivity contribution in [2.75, 3.05) is 33.0 Å². The average molecular weight is 1060 g/mol. The van der Waals surface area contributed by atoms with Crippen molar-refractivity contribution in [3.05, 3.63) is 11.6 Å². The Labute approximate surface area is 431 Å². The molecule has 28 unspecified atom stereocenters. The highest BCUT2D eigenvalue weighted by Crippen LogP contribution is 2.76. The molecule has 22 nitrogen and oxygen atoms in total. The Morgan fingerprint density at radius 1 is 0.608 bits per heavy atom. The fourth-order valence-electron chi connectivity index (χ4n) is 16.3. The molecule has 74 heavy (non-hydrogen) atoms. The number of carbonyl (C=O) groups excluding carboxylic acids is 1. The molecule has 13 N–H and O–H groups in total. The number of aliphatic hydroxyl groups excluding tert-OH is 13. The average Bonchev–Trinajstić information content (AvgIpc) is 3.37. The molecule has 0 amide bonds. The van der Waals surface area contributed by atoms with Gasteiger partial charge in [0.05, 0.1) is 44.6 Å². The molecule has 4 aliphatic heterocycles. The van der Waals surface area contributed by atoms with Crippen LogP contribution < -0.4 is 0 Å². The van der Waals surface area contributed by atoms with Crippen LogP contribution in [-0.4, -0.2) is 222 Å². The first kappa shape index (κ1) is 57.1. The van der Waals surface area contributed by atoms with Crippen LogP contribution >= 0.6 is 0 Å². The van der Waals surface area contributed by atoms with Gasteiger partial charge in [-0.05, 0) is 104 Å². The molecule has 0 aromatic rings. The van der Waals surface area contributed by atoms with Gasteiger partial charge in [0.15, 0.2) is 18.9 Å². The van der Waals surface area contributed by atoms with Crippen LogP contribution in [0.3, 0.4) is 0 Å². The summed E-state index contributed by atoms with van der Waals surface area (Å²) in [5.74, 6) is -0.526. The number of esters is 1. The summed E-state index contributed by atoms with van der Waals surface area (Å²) in [4.78, 5) is 14.8. The maximum atomic E-state index is 14.8. The first-order valence-electron chi connectivity index (χ1n) is 26.9. The van der Waals surface area contributed by atoms with E-state index in [4.69, 9.17) is 37.9 Å². The molecule has 9 rings (SSSR count). The van der Waals surface area contributed by atoms with Gasteiger partial charge < -0.3 is 104 Å². The Bertz CT molecular complexity index is 2010. The SMILES string of the molecule is CC1CCC2(C(=O)OC3OC(CO)C(O)C(O)C3O)CCC3(CO)C(=CCC4C5(C)CCC(OC6OCC(O)C(OC7OC(CO)C(O)C(O)C7O)C6OC6OCC(O)C(O)C6O)C(C)(C)C5CCC43C)C2C1C. The highest BCUT2D eigenvalue weighted by Gasteiger charge is 2.71. The largest absolute Gasteiger partial charge is 0.432 e. The Balaban J connectivity index is 0.983. The smallest absolute Gasteiger partial charge is 0.315 e. The lowest BCUT2D eigenvalue weighted by atomic mass is 9.33. The first-order chi connectivity index (χ1) is 34.9. The minimum atomic E-state index is -1.84. The highest BCUT2D eigenvalue weighted by molar-refractivity contribution is 5.79. The fraction of sp³-hybridized carbons (Fsp3) is 0.942. The molecule has 0 aromatic carbocycles. The zero-order valence-electron chi connectivity index (χ0n) is 43.3. The summed E-state index contributed by atoms with van der Waals surface area (Å²) >= 11 is 0. The number of hydrogen-bond donors (Lipinski definition) is 13. The molecule has 424 valence electrons. The van der Waals surface area contributed by atoms with Crippen LogP contribution in [0.1, 0.15) is 99.3 Å². The van der Waals surface area contributed by atoms with Crippen LogP contribution in [0.2, 0.25) is 0 Å². The molecule has 8 fully saturated rings. The molecule has 28 atom stereocenters. The lowest BCUT2D eigenvalue weighted by Crippen LogP contribution is -2.68. The minimum Gasteiger partial charge on any atom is -0.432 e. The molecule has 4 saturated carbocycles. The van der Waals surface area contributed by atoms with Crippen molar-refractivity contribution >= 4 is 5.97 Å². The maximum absolute atomic E-state index is 14.8. The number of aliphatic hydroxyl groups is 13. The van der Waals surface area contributed by atoms with Gasteiger partial charge >= 0.3 is 5.97 Å². The highest BCUT2D eigenvalue weighted by atomic mass is 16.8. The van der Waals surface area contributed by atoms with E-state index in [0.717, 1.165) is 24.8 Å². The minimum absolute atomic E-state index is 0.00454. The lowest BCUT2D eigenvalue weighted by molar-refractivity contribution is -0.384. The Kier molecular flexibility index (Phi) is 16.3. The van der Waals surface area contributed by atoms with Crippen LogP contribution in [0, 0.1) is 56.7 Å². The van der Waals surface area contributed by atoms with E-state index in [2.05, 4.69) is 47.6 Å². The molecule has 5 aliphatic carbocycles. The monoisotopic (exact) mass is 1060 g/mol. The van der Waals surface area contributed by atoms with Crippen molar-refractivity contribution in [3.63, 3.8) is 0 Å². The van der Waals surface area contributed by atoms with Crippen LogP contribution in [-0.2, 0) is 42.7 Å². The van der Waals surface area contributed by atoms with Crippen LogP contribution in [0.4, 0.5) is 0 Å². The lowest BCUT2D eigenvalue weighted by Gasteiger charge is -2.71. The quantitative estimate of drug-likeness (QED) is 0.0609. The summed E-state index contributed by atoms with van der Waals surface area (Å²) in [6.07, 6.45) is -21.2. The zero-order valence-corrected chi connectivity index (χ0v) is 43.3. The molecule has 0 radical (unpaired) electrons. The standard InChI is InChI=1S/C52H84O22/c1-22-9-14-51(47(66)74-45-40(65)37(62)35(60)28(18-54)70-45)15-16-52(21-55)24(32(51)23(22)2)7-8-30-49(5)12-11-31(48(3,4)29(49)10-13-50(30,52)6)71-46-42(73-43-38(63)33(58)25(56)19-67-43)41(26(57)20-68-46)72-44-39(64)36(61)34(59)27(17-53)69-44/h7,22-23,25-46,53-65H,8-21H2,1-6H3. The maximum Gasteiger partial charge on any atom is 0.315 e. The van der Waals surface area contributed by atoms with Gasteiger partial charge in [-0.25, -0.2) is 0 Å². The van der Waals surface area contributed by atoms with Crippen LogP contribution in [0.5, 0.6) is 0 Å². The Hall–Kier alpha value is -1.59. The van der Waals surface area contributed by atoms with Crippen molar-refractivity contribution < 1.29 is 109 Å². The normalized spacial score (nSPS) is 54.4. The Morgan fingerprint density at radius 3 is 1.85 bits per heavy atom. The third-order valence-electron chi connectivity index (χ3n) is 20.9. The summed E-state index contributed by atoms with van der Waals surface area (Å²) in [6.45, 7) is 11.0. The molecule has 4 saturated heterocycles. The van der Waals surface area contributed by atoms with Crippen molar-refractivity contribution in [1.82, 2.24) is 0 Å². The molecule has 9 aliphatic rings. The summed E-state index contributed by atoms with van der Waals surface area (Å²) in [5, 5.41) is 139. The summed E-state index contributed by atoms with van der Waals surface area (Å²) in [7, 11) is 0. The summed E-state index contributed by atoms with van der Waals surface area (Å²) in [6, 6.07) is 0. The second kappa shape index (κ2) is 21.1. The predicted molar refractivity (Wildman–Crippen MR) is 252 cm³/mol. The molecule has 0 spiro atoms. The zero-order chi connectivity index (χ0) is 53.8. The van der Waals surface area contributed by atoms with E-state index in [-0.39, 0.29) is 48.2 Å². The molecular weight excluding hydrogens is 977 g/mol. The first-order valence-corrected chi connectivity index (χ1v) is 26.9. The topological polar surface area (TPSA) is 354 Å². The van der Waals surface area contributed by atoms with E-state index in [0.29, 0.717) is 38.5 Å². The number of rotatable bonds is 11. The van der Waals surface area contributed by atoms with Gasteiger partial charge in [0.2, 0.25) is 6.29 Å². The van der Waals surface area contributed by atoms with Gasteiger partial charge in [0.25, 0.3) is 0 Å². The third-order valence-corrected chi connectivity index (χ3v) is 20.9. The number of ether oxygens (including phenoxy) is 8. The van der Waals surface area contributed by atoms with Gasteiger partial charge in [-0.2, -0.15) is 0 Å². The van der Waals surface area contributed by atoms with E-state index in [1.807, 2.05) is 0 Å². The van der Waals surface area contributed by atoms with E-state index < -0.39 is 164 Å². The van der Waals surface area contributed by atoms with Gasteiger partial charge in [-0.3, -0.25) is 4.79 Å². The van der Waals surface area contributed by atoms with E-state index >= 15 is 0 Å². The number of fused-ring (bicyclic) bond motifs is 7. The predicted octanol–water partition coefficient (Wildman–Crippen LogP) is -1.93. The van der Waals surface area contributed by atoms with Gasteiger partial charge in [-0.15, -0.1) is 0 Å². The molecule has 0 aromatic heterocycles. The van der Waals surface area contributed by atoms with Crippen molar-refractivity contribution in [2.45, 2.75) is 216 Å². The van der Waals surface area contributed by atoms with E-state index in [1.165, 1.54) is 0 Å². The van der Waals surface area contributed by atoms with E-state index in [1.54, 1.807) is 0 Å².